The van der Waals surface area contributed by atoms with Gasteiger partial charge in [0.1, 0.15) is 0 Å². The van der Waals surface area contributed by atoms with E-state index in [9.17, 15) is 4.79 Å². The second-order valence-electron chi connectivity index (χ2n) is 8.13. The Morgan fingerprint density at radius 2 is 2.00 bits per heavy atom. The van der Waals surface area contributed by atoms with Gasteiger partial charge in [-0.05, 0) is 75.4 Å². The summed E-state index contributed by atoms with van der Waals surface area (Å²) in [7, 11) is 0. The van der Waals surface area contributed by atoms with E-state index in [0.29, 0.717) is 17.5 Å². The Morgan fingerprint density at radius 3 is 2.67 bits per heavy atom. The molecule has 0 aliphatic carbocycles. The van der Waals surface area contributed by atoms with Crippen LogP contribution in [0.4, 0.5) is 5.69 Å². The second-order valence-corrected chi connectivity index (χ2v) is 8.13. The average molecular weight is 364 g/mol. The molecule has 5 nitrogen and oxygen atoms in total. The van der Waals surface area contributed by atoms with Crippen LogP contribution in [0.2, 0.25) is 0 Å². The van der Waals surface area contributed by atoms with Crippen molar-refractivity contribution < 1.29 is 4.79 Å². The van der Waals surface area contributed by atoms with Crippen LogP contribution in [-0.4, -0.2) is 28.7 Å². The highest BCUT2D eigenvalue weighted by molar-refractivity contribution is 5.94. The quantitative estimate of drug-likeness (QED) is 0.648. The number of hydrazone groups is 1. The molecule has 0 spiro atoms. The highest BCUT2D eigenvalue weighted by Crippen LogP contribution is 2.44. The molecule has 1 aliphatic heterocycles. The van der Waals surface area contributed by atoms with E-state index >= 15 is 0 Å². The lowest BCUT2D eigenvalue weighted by molar-refractivity contribution is 0.0955. The van der Waals surface area contributed by atoms with E-state index in [1.54, 1.807) is 30.7 Å². The summed E-state index contributed by atoms with van der Waals surface area (Å²) in [6, 6.07) is 10.2. The fourth-order valence-corrected chi connectivity index (χ4v) is 4.26. The standard InChI is InChI=1S/C22H28N4O/c1-15(2)26-20-7-6-17(12-19(20)16(3)13-22(26,4)5)14-24-25-21(27)18-8-10-23-11-9-18/h6-12,14-16H,13H2,1-5H3,(H,25,27)/b24-14-/t16-/m1/s1. The van der Waals surface area contributed by atoms with Gasteiger partial charge in [-0.3, -0.25) is 9.78 Å². The Bertz CT molecular complexity index is 843. The third-order valence-electron chi connectivity index (χ3n) is 5.14. The van der Waals surface area contributed by atoms with Gasteiger partial charge >= 0.3 is 0 Å². The van der Waals surface area contributed by atoms with Gasteiger partial charge in [-0.2, -0.15) is 5.10 Å². The minimum atomic E-state index is -0.243. The van der Waals surface area contributed by atoms with Crippen molar-refractivity contribution in [1.29, 1.82) is 0 Å². The first-order valence-electron chi connectivity index (χ1n) is 9.46. The van der Waals surface area contributed by atoms with Crippen LogP contribution in [0, 0.1) is 0 Å². The topological polar surface area (TPSA) is 57.6 Å². The summed E-state index contributed by atoms with van der Waals surface area (Å²) in [6.07, 6.45) is 5.99. The van der Waals surface area contributed by atoms with E-state index in [2.05, 4.69) is 73.2 Å². The summed E-state index contributed by atoms with van der Waals surface area (Å²) in [5.74, 6) is 0.234. The Morgan fingerprint density at radius 1 is 1.30 bits per heavy atom. The zero-order valence-corrected chi connectivity index (χ0v) is 16.7. The van der Waals surface area contributed by atoms with E-state index in [4.69, 9.17) is 0 Å². The molecule has 2 aromatic rings. The first-order chi connectivity index (χ1) is 12.8. The van der Waals surface area contributed by atoms with Gasteiger partial charge in [0.15, 0.2) is 0 Å². The molecule has 0 saturated heterocycles. The van der Waals surface area contributed by atoms with Crippen LogP contribution in [0.5, 0.6) is 0 Å². The van der Waals surface area contributed by atoms with Crippen molar-refractivity contribution in [2.24, 2.45) is 5.10 Å². The number of fused-ring (bicyclic) bond motifs is 1. The molecule has 1 aromatic heterocycles. The van der Waals surface area contributed by atoms with E-state index < -0.39 is 0 Å². The normalized spacial score (nSPS) is 18.6. The Hall–Kier alpha value is -2.69. The van der Waals surface area contributed by atoms with Crippen LogP contribution >= 0.6 is 0 Å². The minimum Gasteiger partial charge on any atom is -0.364 e. The van der Waals surface area contributed by atoms with Crippen molar-refractivity contribution in [3.05, 3.63) is 59.4 Å². The molecule has 1 N–H and O–H groups in total. The number of hydrogen-bond acceptors (Lipinski definition) is 4. The molecule has 0 unspecified atom stereocenters. The maximum Gasteiger partial charge on any atom is 0.271 e. The Kier molecular flexibility index (Phi) is 5.31. The highest BCUT2D eigenvalue weighted by Gasteiger charge is 2.37. The molecule has 1 atom stereocenters. The number of benzene rings is 1. The lowest BCUT2D eigenvalue weighted by Gasteiger charge is -2.50. The van der Waals surface area contributed by atoms with Crippen LogP contribution in [0.25, 0.3) is 0 Å². The number of anilines is 1. The lowest BCUT2D eigenvalue weighted by atomic mass is 9.79. The van der Waals surface area contributed by atoms with Gasteiger partial charge in [-0.15, -0.1) is 0 Å². The maximum atomic E-state index is 12.0. The zero-order valence-electron chi connectivity index (χ0n) is 16.7. The largest absolute Gasteiger partial charge is 0.364 e. The van der Waals surface area contributed by atoms with Crippen molar-refractivity contribution in [2.45, 2.75) is 58.5 Å². The molecule has 1 aromatic carbocycles. The molecule has 2 heterocycles. The molecule has 0 fully saturated rings. The maximum absolute atomic E-state index is 12.0. The van der Waals surface area contributed by atoms with Crippen LogP contribution in [0.15, 0.2) is 47.8 Å². The number of nitrogens with zero attached hydrogens (tertiary/aromatic N) is 3. The van der Waals surface area contributed by atoms with Crippen LogP contribution < -0.4 is 10.3 Å². The van der Waals surface area contributed by atoms with Crippen molar-refractivity contribution in [3.8, 4) is 0 Å². The van der Waals surface area contributed by atoms with Crippen molar-refractivity contribution >= 4 is 17.8 Å². The minimum absolute atomic E-state index is 0.134. The molecule has 1 amide bonds. The van der Waals surface area contributed by atoms with E-state index in [-0.39, 0.29) is 11.4 Å². The Labute approximate surface area is 161 Å². The van der Waals surface area contributed by atoms with E-state index in [1.165, 1.54) is 11.3 Å². The van der Waals surface area contributed by atoms with E-state index in [0.717, 1.165) is 12.0 Å². The SMILES string of the molecule is CC(C)N1c2ccc(/C=N\NC(=O)c3ccncc3)cc2[C@H](C)CC1(C)C. The summed E-state index contributed by atoms with van der Waals surface area (Å²) in [5.41, 5.74) is 6.87. The molecule has 3 rings (SSSR count). The highest BCUT2D eigenvalue weighted by atomic mass is 16.2. The number of nitrogens with one attached hydrogen (secondary N) is 1. The number of hydrogen-bond donors (Lipinski definition) is 1. The number of amides is 1. The lowest BCUT2D eigenvalue weighted by Crippen LogP contribution is -2.51. The molecule has 27 heavy (non-hydrogen) atoms. The van der Waals surface area contributed by atoms with Crippen LogP contribution in [-0.2, 0) is 0 Å². The number of carbonyl (C=O) groups is 1. The predicted octanol–water partition coefficient (Wildman–Crippen LogP) is 4.35. The number of aromatic nitrogens is 1. The molecule has 5 heteroatoms. The van der Waals surface area contributed by atoms with Crippen molar-refractivity contribution in [3.63, 3.8) is 0 Å². The molecule has 0 saturated carbocycles. The number of rotatable bonds is 4. The third kappa shape index (κ3) is 4.02. The average Bonchev–Trinajstić information content (AvgIpc) is 2.61. The molecule has 1 aliphatic rings. The molecular weight excluding hydrogens is 336 g/mol. The van der Waals surface area contributed by atoms with Crippen LogP contribution in [0.3, 0.4) is 0 Å². The van der Waals surface area contributed by atoms with E-state index in [1.807, 2.05) is 0 Å². The number of carbonyl (C=O) groups excluding carboxylic acids is 1. The van der Waals surface area contributed by atoms with Crippen molar-refractivity contribution in [1.82, 2.24) is 10.4 Å². The Balaban J connectivity index is 1.80. The number of pyridine rings is 1. The van der Waals surface area contributed by atoms with Crippen LogP contribution in [0.1, 0.15) is 68.4 Å². The fraction of sp³-hybridized carbons (Fsp3) is 0.409. The van der Waals surface area contributed by atoms with Gasteiger partial charge in [0.25, 0.3) is 5.91 Å². The molecule has 142 valence electrons. The van der Waals surface area contributed by atoms with Gasteiger partial charge in [0.2, 0.25) is 0 Å². The first-order valence-corrected chi connectivity index (χ1v) is 9.46. The van der Waals surface area contributed by atoms with Crippen molar-refractivity contribution in [2.75, 3.05) is 4.90 Å². The van der Waals surface area contributed by atoms with Gasteiger partial charge in [0.05, 0.1) is 6.21 Å². The summed E-state index contributed by atoms with van der Waals surface area (Å²) in [4.78, 5) is 18.5. The third-order valence-corrected chi connectivity index (χ3v) is 5.14. The zero-order chi connectivity index (χ0) is 19.6. The monoisotopic (exact) mass is 364 g/mol. The smallest absolute Gasteiger partial charge is 0.271 e. The summed E-state index contributed by atoms with van der Waals surface area (Å²) in [5, 5.41) is 4.12. The molecule has 0 radical (unpaired) electrons. The summed E-state index contributed by atoms with van der Waals surface area (Å²) in [6.45, 7) is 11.4. The van der Waals surface area contributed by atoms with Gasteiger partial charge in [0, 0.05) is 35.2 Å². The fourth-order valence-electron chi connectivity index (χ4n) is 4.26. The molecule has 0 bridgehead atoms. The van der Waals surface area contributed by atoms with Gasteiger partial charge in [-0.1, -0.05) is 13.0 Å². The first kappa shape index (κ1) is 19.1. The predicted molar refractivity (Wildman–Crippen MR) is 110 cm³/mol. The summed E-state index contributed by atoms with van der Waals surface area (Å²) >= 11 is 0. The second kappa shape index (κ2) is 7.51. The summed E-state index contributed by atoms with van der Waals surface area (Å²) < 4.78 is 0. The molecular formula is C22H28N4O. The van der Waals surface area contributed by atoms with Gasteiger partial charge in [-0.25, -0.2) is 5.43 Å². The van der Waals surface area contributed by atoms with Gasteiger partial charge < -0.3 is 4.90 Å².